The number of nitrogens with one attached hydrogen (secondary N) is 1. The van der Waals surface area contributed by atoms with Gasteiger partial charge in [0, 0.05) is 0 Å². The zero-order valence-corrected chi connectivity index (χ0v) is 12.9. The molecule has 21 heavy (non-hydrogen) atoms. The smallest absolute Gasteiger partial charge is 0.325 e. The largest absolute Gasteiger partial charge is 0.391 e. The van der Waals surface area contributed by atoms with Gasteiger partial charge in [-0.05, 0) is 38.3 Å². The highest BCUT2D eigenvalue weighted by molar-refractivity contribution is 6.07. The van der Waals surface area contributed by atoms with Gasteiger partial charge in [-0.3, -0.25) is 9.69 Å². The molecule has 5 heteroatoms. The summed E-state index contributed by atoms with van der Waals surface area (Å²) in [5.74, 6) is -0.313. The van der Waals surface area contributed by atoms with Crippen molar-refractivity contribution < 1.29 is 14.7 Å². The number of rotatable bonds is 4. The first-order valence-corrected chi connectivity index (χ1v) is 7.19. The summed E-state index contributed by atoms with van der Waals surface area (Å²) < 4.78 is 0. The molecule has 1 aromatic rings. The molecule has 0 bridgehead atoms. The molecule has 0 radical (unpaired) electrons. The van der Waals surface area contributed by atoms with Crippen LogP contribution in [0, 0.1) is 13.8 Å². The third-order valence-electron chi connectivity index (χ3n) is 4.06. The molecule has 1 aromatic carbocycles. The van der Waals surface area contributed by atoms with Gasteiger partial charge in [-0.25, -0.2) is 4.79 Å². The minimum absolute atomic E-state index is 0.0294. The van der Waals surface area contributed by atoms with Crippen LogP contribution >= 0.6 is 0 Å². The molecule has 2 N–H and O–H groups in total. The Labute approximate surface area is 125 Å². The molecule has 1 saturated heterocycles. The van der Waals surface area contributed by atoms with Crippen molar-refractivity contribution in [2.45, 2.75) is 45.8 Å². The number of hydrogen-bond donors (Lipinski definition) is 2. The maximum absolute atomic E-state index is 12.7. The second kappa shape index (κ2) is 5.48. The zero-order valence-electron chi connectivity index (χ0n) is 12.9. The summed E-state index contributed by atoms with van der Waals surface area (Å²) in [5.41, 5.74) is 1.79. The SMILES string of the molecule is CC[C@H](O)CN1C(=O)N[C@@](C)(c2ccc(C)cc2C)C1=O. The summed E-state index contributed by atoms with van der Waals surface area (Å²) in [7, 11) is 0. The predicted molar refractivity (Wildman–Crippen MR) is 79.8 cm³/mol. The minimum atomic E-state index is -1.07. The monoisotopic (exact) mass is 290 g/mol. The van der Waals surface area contributed by atoms with E-state index in [0.29, 0.717) is 6.42 Å². The van der Waals surface area contributed by atoms with E-state index in [4.69, 9.17) is 0 Å². The highest BCUT2D eigenvalue weighted by atomic mass is 16.3. The molecule has 1 aliphatic heterocycles. The maximum atomic E-state index is 12.7. The van der Waals surface area contributed by atoms with Crippen LogP contribution in [0.5, 0.6) is 0 Å². The Balaban J connectivity index is 2.36. The fourth-order valence-corrected chi connectivity index (χ4v) is 2.76. The van der Waals surface area contributed by atoms with Crippen molar-refractivity contribution >= 4 is 11.9 Å². The summed E-state index contributed by atoms with van der Waals surface area (Å²) in [6.07, 6.45) is -0.196. The molecule has 0 saturated carbocycles. The van der Waals surface area contributed by atoms with Gasteiger partial charge in [-0.15, -0.1) is 0 Å². The Hall–Kier alpha value is -1.88. The van der Waals surface area contributed by atoms with Crippen molar-refractivity contribution in [1.29, 1.82) is 0 Å². The van der Waals surface area contributed by atoms with Gasteiger partial charge >= 0.3 is 6.03 Å². The third-order valence-corrected chi connectivity index (χ3v) is 4.06. The molecule has 0 aliphatic carbocycles. The van der Waals surface area contributed by atoms with Crippen LogP contribution in [-0.2, 0) is 10.3 Å². The molecule has 0 aromatic heterocycles. The molecule has 1 aliphatic rings. The lowest BCUT2D eigenvalue weighted by Gasteiger charge is -2.25. The Morgan fingerprint density at radius 2 is 2.00 bits per heavy atom. The van der Waals surface area contributed by atoms with E-state index in [1.165, 1.54) is 0 Å². The molecule has 5 nitrogen and oxygen atoms in total. The van der Waals surface area contributed by atoms with Crippen molar-refractivity contribution in [3.8, 4) is 0 Å². The number of urea groups is 1. The molecule has 0 unspecified atom stereocenters. The fraction of sp³-hybridized carbons (Fsp3) is 0.500. The number of amides is 3. The highest BCUT2D eigenvalue weighted by Crippen LogP contribution is 2.31. The molecule has 1 fully saturated rings. The number of benzene rings is 1. The first kappa shape index (κ1) is 15.5. The van der Waals surface area contributed by atoms with Crippen LogP contribution in [0.15, 0.2) is 18.2 Å². The number of carbonyl (C=O) groups excluding carboxylic acids is 2. The van der Waals surface area contributed by atoms with Crippen molar-refractivity contribution in [1.82, 2.24) is 10.2 Å². The Morgan fingerprint density at radius 1 is 1.33 bits per heavy atom. The van der Waals surface area contributed by atoms with Crippen molar-refractivity contribution in [3.63, 3.8) is 0 Å². The summed E-state index contributed by atoms with van der Waals surface area (Å²) in [6.45, 7) is 7.46. The number of aliphatic hydroxyl groups is 1. The van der Waals surface area contributed by atoms with Crippen LogP contribution in [-0.4, -0.2) is 34.6 Å². The Morgan fingerprint density at radius 3 is 2.57 bits per heavy atom. The number of aliphatic hydroxyl groups excluding tert-OH is 1. The van der Waals surface area contributed by atoms with E-state index in [0.717, 1.165) is 21.6 Å². The van der Waals surface area contributed by atoms with E-state index >= 15 is 0 Å². The number of β-amino-alcohol motifs (C(OH)–C–C–N with tert-alkyl or cyclic N) is 1. The number of nitrogens with zero attached hydrogens (tertiary/aromatic N) is 1. The molecule has 0 spiro atoms. The van der Waals surface area contributed by atoms with Crippen LogP contribution in [0.3, 0.4) is 0 Å². The lowest BCUT2D eigenvalue weighted by Crippen LogP contribution is -2.42. The van der Waals surface area contributed by atoms with E-state index in [-0.39, 0.29) is 12.5 Å². The van der Waals surface area contributed by atoms with E-state index in [1.54, 1.807) is 6.92 Å². The van der Waals surface area contributed by atoms with Crippen LogP contribution < -0.4 is 5.32 Å². The van der Waals surface area contributed by atoms with Gasteiger partial charge in [0.15, 0.2) is 0 Å². The number of aryl methyl sites for hydroxylation is 2. The minimum Gasteiger partial charge on any atom is -0.391 e. The third kappa shape index (κ3) is 2.65. The average molecular weight is 290 g/mol. The van der Waals surface area contributed by atoms with E-state index in [1.807, 2.05) is 39.0 Å². The second-order valence-corrected chi connectivity index (χ2v) is 5.85. The number of hydrogen-bond acceptors (Lipinski definition) is 3. The molecule has 114 valence electrons. The molecule has 3 amide bonds. The van der Waals surface area contributed by atoms with Crippen LogP contribution in [0.4, 0.5) is 4.79 Å². The summed E-state index contributed by atoms with van der Waals surface area (Å²) >= 11 is 0. The summed E-state index contributed by atoms with van der Waals surface area (Å²) in [5, 5.41) is 12.5. The lowest BCUT2D eigenvalue weighted by atomic mass is 9.87. The fourth-order valence-electron chi connectivity index (χ4n) is 2.76. The van der Waals surface area contributed by atoms with Crippen LogP contribution in [0.2, 0.25) is 0 Å². The summed E-state index contributed by atoms with van der Waals surface area (Å²) in [6, 6.07) is 5.35. The topological polar surface area (TPSA) is 69.6 Å². The van der Waals surface area contributed by atoms with E-state index in [9.17, 15) is 14.7 Å². The summed E-state index contributed by atoms with van der Waals surface area (Å²) in [4.78, 5) is 25.8. The van der Waals surface area contributed by atoms with Gasteiger partial charge in [0.05, 0.1) is 12.6 Å². The van der Waals surface area contributed by atoms with Crippen molar-refractivity contribution in [2.75, 3.05) is 6.54 Å². The van der Waals surface area contributed by atoms with Gasteiger partial charge in [0.1, 0.15) is 5.54 Å². The number of imide groups is 1. The van der Waals surface area contributed by atoms with Gasteiger partial charge < -0.3 is 10.4 Å². The van der Waals surface area contributed by atoms with Gasteiger partial charge in [-0.2, -0.15) is 0 Å². The quantitative estimate of drug-likeness (QED) is 0.831. The van der Waals surface area contributed by atoms with Gasteiger partial charge in [0.2, 0.25) is 0 Å². The highest BCUT2D eigenvalue weighted by Gasteiger charge is 2.49. The predicted octanol–water partition coefficient (Wildman–Crippen LogP) is 1.84. The first-order valence-electron chi connectivity index (χ1n) is 7.19. The molecule has 1 heterocycles. The molecule has 2 rings (SSSR count). The Bertz CT molecular complexity index is 585. The Kier molecular flexibility index (Phi) is 4.05. The van der Waals surface area contributed by atoms with Crippen molar-refractivity contribution in [2.24, 2.45) is 0 Å². The standard InChI is InChI=1S/C16H22N2O3/c1-5-12(19)9-18-14(20)16(4,17-15(18)21)13-7-6-10(2)8-11(13)3/h6-8,12,19H,5,9H2,1-4H3,(H,17,21)/t12-,16-/m0/s1. The normalized spacial score (nSPS) is 23.4. The lowest BCUT2D eigenvalue weighted by molar-refractivity contribution is -0.132. The second-order valence-electron chi connectivity index (χ2n) is 5.85. The van der Waals surface area contributed by atoms with E-state index in [2.05, 4.69) is 5.32 Å². The van der Waals surface area contributed by atoms with Crippen LogP contribution in [0.25, 0.3) is 0 Å². The molecular weight excluding hydrogens is 268 g/mol. The van der Waals surface area contributed by atoms with Gasteiger partial charge in [-0.1, -0.05) is 30.7 Å². The number of carbonyl (C=O) groups is 2. The average Bonchev–Trinajstić information content (AvgIpc) is 2.62. The van der Waals surface area contributed by atoms with E-state index < -0.39 is 17.7 Å². The van der Waals surface area contributed by atoms with Crippen LogP contribution in [0.1, 0.15) is 37.0 Å². The van der Waals surface area contributed by atoms with Crippen molar-refractivity contribution in [3.05, 3.63) is 34.9 Å². The first-order chi connectivity index (χ1) is 9.79. The zero-order chi connectivity index (χ0) is 15.8. The molecular formula is C16H22N2O3. The van der Waals surface area contributed by atoms with Gasteiger partial charge in [0.25, 0.3) is 5.91 Å². The maximum Gasteiger partial charge on any atom is 0.325 e. The molecule has 2 atom stereocenters.